The van der Waals surface area contributed by atoms with Gasteiger partial charge in [-0.05, 0) is 55.0 Å². The number of anilines is 1. The van der Waals surface area contributed by atoms with Gasteiger partial charge in [0.25, 0.3) is 0 Å². The fraction of sp³-hybridized carbons (Fsp3) is 0.435. The first-order valence-corrected chi connectivity index (χ1v) is 9.66. The second-order valence-electron chi connectivity index (χ2n) is 6.91. The minimum absolute atomic E-state index is 0.0396. The number of rotatable bonds is 11. The van der Waals surface area contributed by atoms with Crippen molar-refractivity contribution in [3.8, 4) is 5.75 Å². The quantitative estimate of drug-likeness (QED) is 0.382. The highest BCUT2D eigenvalue weighted by Gasteiger charge is 2.09. The molecule has 0 N–H and O–H groups in total. The Morgan fingerprint density at radius 2 is 1.35 bits per heavy atom. The number of carbonyl (C=O) groups is 1. The minimum Gasteiger partial charge on any atom is -0.494 e. The molecule has 0 aliphatic carbocycles. The molecule has 3 heteroatoms. The van der Waals surface area contributed by atoms with Gasteiger partial charge in [0.15, 0.2) is 5.78 Å². The number of hydrogen-bond donors (Lipinski definition) is 0. The van der Waals surface area contributed by atoms with Gasteiger partial charge in [-0.2, -0.15) is 0 Å². The molecule has 2 aromatic rings. The van der Waals surface area contributed by atoms with Gasteiger partial charge in [0.05, 0.1) is 6.61 Å². The van der Waals surface area contributed by atoms with Crippen LogP contribution in [0.2, 0.25) is 0 Å². The van der Waals surface area contributed by atoms with Gasteiger partial charge in [0, 0.05) is 30.9 Å². The third-order valence-corrected chi connectivity index (χ3v) is 4.53. The Bertz CT molecular complexity index is 660. The van der Waals surface area contributed by atoms with Crippen LogP contribution in [0.5, 0.6) is 5.75 Å². The van der Waals surface area contributed by atoms with Crippen molar-refractivity contribution in [1.29, 1.82) is 0 Å². The van der Waals surface area contributed by atoms with E-state index in [0.717, 1.165) is 24.5 Å². The van der Waals surface area contributed by atoms with Crippen molar-refractivity contribution in [2.45, 2.75) is 45.4 Å². The summed E-state index contributed by atoms with van der Waals surface area (Å²) in [4.78, 5) is 14.6. The fourth-order valence-corrected chi connectivity index (χ4v) is 2.85. The molecule has 0 aromatic heterocycles. The molecule has 3 nitrogen and oxygen atoms in total. The van der Waals surface area contributed by atoms with Crippen molar-refractivity contribution in [1.82, 2.24) is 0 Å². The van der Waals surface area contributed by atoms with E-state index in [4.69, 9.17) is 4.74 Å². The molecule has 0 heterocycles. The Morgan fingerprint density at radius 1 is 0.808 bits per heavy atom. The number of ether oxygens (including phenoxy) is 1. The molecule has 0 bridgehead atoms. The van der Waals surface area contributed by atoms with Gasteiger partial charge in [0.1, 0.15) is 5.75 Å². The summed E-state index contributed by atoms with van der Waals surface area (Å²) in [6.45, 7) is 2.97. The average Bonchev–Trinajstić information content (AvgIpc) is 2.67. The third-order valence-electron chi connectivity index (χ3n) is 4.53. The maximum Gasteiger partial charge on any atom is 0.193 e. The van der Waals surface area contributed by atoms with Crippen molar-refractivity contribution in [2.24, 2.45) is 0 Å². The topological polar surface area (TPSA) is 29.5 Å². The Labute approximate surface area is 158 Å². The summed E-state index contributed by atoms with van der Waals surface area (Å²) in [7, 11) is 3.97. The van der Waals surface area contributed by atoms with Crippen LogP contribution in [0.25, 0.3) is 0 Å². The molecule has 0 saturated heterocycles. The molecule has 26 heavy (non-hydrogen) atoms. The molecule has 0 atom stereocenters. The van der Waals surface area contributed by atoms with E-state index in [9.17, 15) is 4.79 Å². The average molecular weight is 354 g/mol. The van der Waals surface area contributed by atoms with E-state index in [2.05, 4.69) is 6.92 Å². The van der Waals surface area contributed by atoms with Crippen LogP contribution in [0.15, 0.2) is 48.5 Å². The molecule has 0 saturated carbocycles. The van der Waals surface area contributed by atoms with Crippen LogP contribution >= 0.6 is 0 Å². The predicted molar refractivity (Wildman–Crippen MR) is 110 cm³/mol. The molecule has 0 aliphatic heterocycles. The fourth-order valence-electron chi connectivity index (χ4n) is 2.85. The maximum absolute atomic E-state index is 12.6. The molecule has 0 unspecified atom stereocenters. The van der Waals surface area contributed by atoms with Crippen LogP contribution in [0.4, 0.5) is 5.69 Å². The van der Waals surface area contributed by atoms with Gasteiger partial charge in [-0.15, -0.1) is 0 Å². The molecular formula is C23H31NO2. The van der Waals surface area contributed by atoms with Crippen molar-refractivity contribution in [3.05, 3.63) is 59.7 Å². The van der Waals surface area contributed by atoms with Gasteiger partial charge < -0.3 is 9.64 Å². The Kier molecular flexibility index (Phi) is 8.20. The van der Waals surface area contributed by atoms with Crippen LogP contribution in [0.1, 0.15) is 61.4 Å². The number of nitrogens with zero attached hydrogens (tertiary/aromatic N) is 1. The lowest BCUT2D eigenvalue weighted by atomic mass is 10.0. The van der Waals surface area contributed by atoms with E-state index in [1.54, 1.807) is 0 Å². The normalized spacial score (nSPS) is 10.6. The number of hydrogen-bond acceptors (Lipinski definition) is 3. The predicted octanol–water partition coefficient (Wildman–Crippen LogP) is 5.72. The summed E-state index contributed by atoms with van der Waals surface area (Å²) < 4.78 is 5.78. The molecule has 0 radical (unpaired) electrons. The van der Waals surface area contributed by atoms with Crippen LogP contribution in [0, 0.1) is 0 Å². The lowest BCUT2D eigenvalue weighted by molar-refractivity contribution is 0.103. The van der Waals surface area contributed by atoms with Crippen molar-refractivity contribution < 1.29 is 9.53 Å². The number of ketones is 1. The van der Waals surface area contributed by atoms with Crippen LogP contribution < -0.4 is 9.64 Å². The summed E-state index contributed by atoms with van der Waals surface area (Å²) in [5.74, 6) is 0.871. The second kappa shape index (κ2) is 10.6. The Balaban J connectivity index is 1.81. The highest BCUT2D eigenvalue weighted by atomic mass is 16.5. The summed E-state index contributed by atoms with van der Waals surface area (Å²) in [6, 6.07) is 15.1. The number of benzene rings is 2. The van der Waals surface area contributed by atoms with Crippen molar-refractivity contribution in [3.63, 3.8) is 0 Å². The zero-order valence-corrected chi connectivity index (χ0v) is 16.3. The maximum atomic E-state index is 12.6. The summed E-state index contributed by atoms with van der Waals surface area (Å²) in [6.07, 6.45) is 7.53. The molecule has 140 valence electrons. The Morgan fingerprint density at radius 3 is 1.92 bits per heavy atom. The van der Waals surface area contributed by atoms with Gasteiger partial charge >= 0.3 is 0 Å². The van der Waals surface area contributed by atoms with Crippen LogP contribution in [0.3, 0.4) is 0 Å². The first kappa shape index (κ1) is 20.0. The molecular weight excluding hydrogens is 322 g/mol. The van der Waals surface area contributed by atoms with Gasteiger partial charge in [-0.25, -0.2) is 0 Å². The van der Waals surface area contributed by atoms with Crippen LogP contribution in [-0.4, -0.2) is 26.5 Å². The number of unbranched alkanes of at least 4 members (excludes halogenated alkanes) is 5. The zero-order chi connectivity index (χ0) is 18.8. The number of carbonyl (C=O) groups excluding carboxylic acids is 1. The van der Waals surface area contributed by atoms with Crippen LogP contribution in [-0.2, 0) is 0 Å². The monoisotopic (exact) mass is 353 g/mol. The first-order chi connectivity index (χ1) is 12.6. The van der Waals surface area contributed by atoms with Gasteiger partial charge in [-0.3, -0.25) is 4.79 Å². The third kappa shape index (κ3) is 6.21. The smallest absolute Gasteiger partial charge is 0.193 e. The standard InChI is InChI=1S/C23H31NO2/c1-4-5-6-7-8-9-18-26-22-16-12-20(13-17-22)23(25)19-10-14-21(15-11-19)24(2)3/h10-17H,4-9,18H2,1-3H3. The zero-order valence-electron chi connectivity index (χ0n) is 16.3. The van der Waals surface area contributed by atoms with E-state index in [0.29, 0.717) is 11.1 Å². The second-order valence-corrected chi connectivity index (χ2v) is 6.91. The van der Waals surface area contributed by atoms with E-state index >= 15 is 0 Å². The molecule has 2 rings (SSSR count). The van der Waals surface area contributed by atoms with E-state index in [1.165, 1.54) is 32.1 Å². The van der Waals surface area contributed by atoms with Gasteiger partial charge in [0.2, 0.25) is 0 Å². The highest BCUT2D eigenvalue weighted by molar-refractivity contribution is 6.09. The molecule has 0 fully saturated rings. The van der Waals surface area contributed by atoms with Crippen molar-refractivity contribution in [2.75, 3.05) is 25.6 Å². The van der Waals surface area contributed by atoms with Gasteiger partial charge in [-0.1, -0.05) is 39.0 Å². The minimum atomic E-state index is 0.0396. The Hall–Kier alpha value is -2.29. The molecule has 0 amide bonds. The van der Waals surface area contributed by atoms with Crippen molar-refractivity contribution >= 4 is 11.5 Å². The summed E-state index contributed by atoms with van der Waals surface area (Å²) in [5.41, 5.74) is 2.48. The summed E-state index contributed by atoms with van der Waals surface area (Å²) in [5, 5.41) is 0. The lowest BCUT2D eigenvalue weighted by Gasteiger charge is -2.12. The van der Waals surface area contributed by atoms with E-state index < -0.39 is 0 Å². The van der Waals surface area contributed by atoms with E-state index in [-0.39, 0.29) is 5.78 Å². The molecule has 0 spiro atoms. The molecule has 2 aromatic carbocycles. The SMILES string of the molecule is CCCCCCCCOc1ccc(C(=O)c2ccc(N(C)C)cc2)cc1. The largest absolute Gasteiger partial charge is 0.494 e. The molecule has 0 aliphatic rings. The highest BCUT2D eigenvalue weighted by Crippen LogP contribution is 2.18. The lowest BCUT2D eigenvalue weighted by Crippen LogP contribution is -2.09. The van der Waals surface area contributed by atoms with E-state index in [1.807, 2.05) is 67.5 Å². The summed E-state index contributed by atoms with van der Waals surface area (Å²) >= 11 is 0. The first-order valence-electron chi connectivity index (χ1n) is 9.66.